The number of carboxylic acids is 1. The van der Waals surface area contributed by atoms with Gasteiger partial charge in [0, 0.05) is 49.6 Å². The van der Waals surface area contributed by atoms with Crippen LogP contribution in [0.3, 0.4) is 0 Å². The number of likely N-dealkylation sites (tertiary alicyclic amines) is 1. The molecule has 1 aromatic carbocycles. The van der Waals surface area contributed by atoms with E-state index in [1.165, 1.54) is 11.8 Å². The average molecular weight is 447 g/mol. The van der Waals surface area contributed by atoms with Gasteiger partial charge in [-0.1, -0.05) is 44.5 Å². The molecule has 0 aromatic heterocycles. The third-order valence-electron chi connectivity index (χ3n) is 6.28. The van der Waals surface area contributed by atoms with Crippen LogP contribution in [0.1, 0.15) is 58.1 Å². The molecule has 7 heteroatoms. The van der Waals surface area contributed by atoms with Crippen molar-refractivity contribution in [2.24, 2.45) is 5.41 Å². The van der Waals surface area contributed by atoms with Crippen LogP contribution < -0.4 is 0 Å². The lowest BCUT2D eigenvalue weighted by molar-refractivity contribution is -0.138. The molecule has 0 bridgehead atoms. The van der Waals surface area contributed by atoms with Gasteiger partial charge in [-0.15, -0.1) is 0 Å². The monoisotopic (exact) mass is 446 g/mol. The van der Waals surface area contributed by atoms with E-state index in [1.807, 2.05) is 18.2 Å². The second-order valence-corrected chi connectivity index (χ2v) is 10.3. The number of halogens is 1. The number of fused-ring (bicyclic) bond motifs is 1. The first kappa shape index (κ1) is 23.3. The predicted octanol–water partition coefficient (Wildman–Crippen LogP) is 4.01. The first-order valence-electron chi connectivity index (χ1n) is 10.7. The van der Waals surface area contributed by atoms with Gasteiger partial charge in [-0.2, -0.15) is 0 Å². The normalized spacial score (nSPS) is 21.2. The molecule has 0 radical (unpaired) electrons. The fourth-order valence-corrected chi connectivity index (χ4v) is 4.63. The van der Waals surface area contributed by atoms with Gasteiger partial charge in [0.2, 0.25) is 11.8 Å². The van der Waals surface area contributed by atoms with Crippen LogP contribution in [0.5, 0.6) is 0 Å². The molecule has 2 aliphatic heterocycles. The Morgan fingerprint density at radius 3 is 2.55 bits per heavy atom. The van der Waals surface area contributed by atoms with Crippen LogP contribution in [0.4, 0.5) is 0 Å². The fraction of sp³-hybridized carbons (Fsp3) is 0.542. The first-order valence-corrected chi connectivity index (χ1v) is 11.1. The molecular formula is C24H31ClN2O4. The van der Waals surface area contributed by atoms with E-state index in [9.17, 15) is 14.4 Å². The SMILES string of the molecule is CC(=O)N1CC2=CN(CCC(=O)O)C(=O)CC2(c2ccc(CCC(C)(C)C)c(Cl)c2)C1. The maximum atomic E-state index is 12.9. The van der Waals surface area contributed by atoms with Gasteiger partial charge in [0.25, 0.3) is 0 Å². The van der Waals surface area contributed by atoms with E-state index in [2.05, 4.69) is 20.8 Å². The largest absolute Gasteiger partial charge is 0.481 e. The number of hydrogen-bond donors (Lipinski definition) is 1. The average Bonchev–Trinajstić information content (AvgIpc) is 3.04. The lowest BCUT2D eigenvalue weighted by Gasteiger charge is -2.37. The molecule has 0 spiro atoms. The molecule has 0 saturated carbocycles. The molecule has 1 fully saturated rings. The summed E-state index contributed by atoms with van der Waals surface area (Å²) in [5.41, 5.74) is 2.55. The number of amides is 2. The van der Waals surface area contributed by atoms with Crippen LogP contribution in [0.25, 0.3) is 0 Å². The second-order valence-electron chi connectivity index (χ2n) is 9.89. The molecule has 31 heavy (non-hydrogen) atoms. The van der Waals surface area contributed by atoms with Gasteiger partial charge >= 0.3 is 5.97 Å². The molecule has 1 saturated heterocycles. The van der Waals surface area contributed by atoms with Crippen molar-refractivity contribution < 1.29 is 19.5 Å². The minimum Gasteiger partial charge on any atom is -0.481 e. The van der Waals surface area contributed by atoms with Gasteiger partial charge in [-0.05, 0) is 41.0 Å². The van der Waals surface area contributed by atoms with E-state index in [4.69, 9.17) is 16.7 Å². The maximum absolute atomic E-state index is 12.9. The van der Waals surface area contributed by atoms with Crippen molar-refractivity contribution in [1.82, 2.24) is 9.80 Å². The van der Waals surface area contributed by atoms with Crippen LogP contribution in [-0.4, -0.2) is 52.3 Å². The van der Waals surface area contributed by atoms with Crippen molar-refractivity contribution in [2.75, 3.05) is 19.6 Å². The molecule has 3 rings (SSSR count). The number of carboxylic acid groups (broad SMARTS) is 1. The highest BCUT2D eigenvalue weighted by Crippen LogP contribution is 2.46. The first-order chi connectivity index (χ1) is 14.4. The van der Waals surface area contributed by atoms with E-state index < -0.39 is 11.4 Å². The molecule has 168 valence electrons. The molecule has 2 amide bonds. The third kappa shape index (κ3) is 5.12. The number of carbonyl (C=O) groups is 3. The zero-order valence-electron chi connectivity index (χ0n) is 18.7. The van der Waals surface area contributed by atoms with Crippen molar-refractivity contribution in [3.8, 4) is 0 Å². The van der Waals surface area contributed by atoms with E-state index in [0.29, 0.717) is 18.1 Å². The molecular weight excluding hydrogens is 416 g/mol. The molecule has 1 N–H and O–H groups in total. The van der Waals surface area contributed by atoms with Crippen LogP contribution in [0.15, 0.2) is 30.0 Å². The van der Waals surface area contributed by atoms with Gasteiger partial charge in [-0.25, -0.2) is 0 Å². The van der Waals surface area contributed by atoms with E-state index in [1.54, 1.807) is 11.1 Å². The maximum Gasteiger partial charge on any atom is 0.305 e. The Morgan fingerprint density at radius 1 is 1.26 bits per heavy atom. The standard InChI is InChI=1S/C24H31ClN2O4/c1-16(28)27-14-19-13-26(10-8-22(30)31)21(29)12-24(19,15-27)18-6-5-17(20(25)11-18)7-9-23(2,3)4/h5-6,11,13H,7-10,12,14-15H2,1-4H3,(H,30,31). The molecule has 1 aromatic rings. The fourth-order valence-electron chi connectivity index (χ4n) is 4.36. The highest BCUT2D eigenvalue weighted by atomic mass is 35.5. The van der Waals surface area contributed by atoms with Gasteiger partial charge in [-0.3, -0.25) is 14.4 Å². The van der Waals surface area contributed by atoms with E-state index >= 15 is 0 Å². The molecule has 2 heterocycles. The van der Waals surface area contributed by atoms with Gasteiger partial charge in [0.1, 0.15) is 0 Å². The summed E-state index contributed by atoms with van der Waals surface area (Å²) in [6, 6.07) is 6.01. The summed E-state index contributed by atoms with van der Waals surface area (Å²) in [6.07, 6.45) is 3.71. The smallest absolute Gasteiger partial charge is 0.305 e. The summed E-state index contributed by atoms with van der Waals surface area (Å²) < 4.78 is 0. The Labute approximate surface area is 188 Å². The van der Waals surface area contributed by atoms with E-state index in [0.717, 1.165) is 29.5 Å². The van der Waals surface area contributed by atoms with Crippen molar-refractivity contribution in [3.05, 3.63) is 46.1 Å². The van der Waals surface area contributed by atoms with Crippen LogP contribution in [0.2, 0.25) is 5.02 Å². The van der Waals surface area contributed by atoms with Crippen LogP contribution in [-0.2, 0) is 26.2 Å². The summed E-state index contributed by atoms with van der Waals surface area (Å²) in [7, 11) is 0. The van der Waals surface area contributed by atoms with Crippen LogP contribution in [0, 0.1) is 5.41 Å². The third-order valence-corrected chi connectivity index (χ3v) is 6.64. The Hall–Kier alpha value is -2.34. The summed E-state index contributed by atoms with van der Waals surface area (Å²) in [5.74, 6) is -1.13. The number of aryl methyl sites for hydroxylation is 1. The highest BCUT2D eigenvalue weighted by molar-refractivity contribution is 6.31. The lowest BCUT2D eigenvalue weighted by Crippen LogP contribution is -2.43. The topological polar surface area (TPSA) is 77.9 Å². The predicted molar refractivity (Wildman–Crippen MR) is 120 cm³/mol. The number of hydrogen-bond acceptors (Lipinski definition) is 3. The Morgan fingerprint density at radius 2 is 1.97 bits per heavy atom. The van der Waals surface area contributed by atoms with Gasteiger partial charge < -0.3 is 14.9 Å². The Balaban J connectivity index is 1.95. The summed E-state index contributed by atoms with van der Waals surface area (Å²) in [6.45, 7) is 9.09. The Bertz CT molecular complexity index is 934. The van der Waals surface area contributed by atoms with Gasteiger partial charge in [0.15, 0.2) is 0 Å². The summed E-state index contributed by atoms with van der Waals surface area (Å²) in [5, 5.41) is 9.66. The van der Waals surface area contributed by atoms with Crippen molar-refractivity contribution >= 4 is 29.4 Å². The molecule has 1 atom stereocenters. The second kappa shape index (κ2) is 8.65. The Kier molecular flexibility index (Phi) is 6.51. The molecule has 2 aliphatic rings. The molecule has 0 aliphatic carbocycles. The number of nitrogens with zero attached hydrogens (tertiary/aromatic N) is 2. The van der Waals surface area contributed by atoms with Crippen molar-refractivity contribution in [3.63, 3.8) is 0 Å². The van der Waals surface area contributed by atoms with Crippen molar-refractivity contribution in [2.45, 2.75) is 58.8 Å². The minimum absolute atomic E-state index is 0.0490. The minimum atomic E-state index is -0.947. The lowest BCUT2D eigenvalue weighted by atomic mass is 9.71. The number of carbonyl (C=O) groups excluding carboxylic acids is 2. The van der Waals surface area contributed by atoms with Crippen LogP contribution >= 0.6 is 11.6 Å². The quantitative estimate of drug-likeness (QED) is 0.716. The molecule has 6 nitrogen and oxygen atoms in total. The van der Waals surface area contributed by atoms with E-state index in [-0.39, 0.29) is 36.6 Å². The molecule has 1 unspecified atom stereocenters. The zero-order valence-corrected chi connectivity index (χ0v) is 19.5. The number of aliphatic carboxylic acids is 1. The zero-order chi connectivity index (χ0) is 23.0. The number of benzene rings is 1. The number of rotatable bonds is 6. The summed E-state index contributed by atoms with van der Waals surface area (Å²) in [4.78, 5) is 39.2. The highest BCUT2D eigenvalue weighted by Gasteiger charge is 2.49. The summed E-state index contributed by atoms with van der Waals surface area (Å²) >= 11 is 6.65. The van der Waals surface area contributed by atoms with Crippen molar-refractivity contribution in [1.29, 1.82) is 0 Å². The van der Waals surface area contributed by atoms with Gasteiger partial charge in [0.05, 0.1) is 6.42 Å².